The molecular formula is C29H32O13. The van der Waals surface area contributed by atoms with E-state index < -0.39 is 60.9 Å². The van der Waals surface area contributed by atoms with Crippen molar-refractivity contribution in [3.05, 3.63) is 53.1 Å². The fraction of sp³-hybridized carbons (Fsp3) is 0.483. The van der Waals surface area contributed by atoms with Gasteiger partial charge in [-0.1, -0.05) is 6.58 Å². The van der Waals surface area contributed by atoms with Crippen LogP contribution in [0.15, 0.2) is 36.4 Å². The Kier molecular flexibility index (Phi) is 7.30. The first-order valence-electron chi connectivity index (χ1n) is 13.4. The number of ketones is 1. The Labute approximate surface area is 240 Å². The van der Waals surface area contributed by atoms with Gasteiger partial charge >= 0.3 is 0 Å². The van der Waals surface area contributed by atoms with E-state index in [0.717, 1.165) is 0 Å². The minimum Gasteiger partial charge on any atom is -0.493 e. The Morgan fingerprint density at radius 2 is 1.79 bits per heavy atom. The van der Waals surface area contributed by atoms with Crippen LogP contribution in [0.3, 0.4) is 0 Å². The number of hydrogen-bond donors (Lipinski definition) is 5. The van der Waals surface area contributed by atoms with Gasteiger partial charge in [0.25, 0.3) is 0 Å². The molecule has 1 saturated heterocycles. The van der Waals surface area contributed by atoms with Crippen molar-refractivity contribution in [1.29, 1.82) is 0 Å². The zero-order valence-corrected chi connectivity index (χ0v) is 22.9. The van der Waals surface area contributed by atoms with Gasteiger partial charge in [0.15, 0.2) is 29.5 Å². The van der Waals surface area contributed by atoms with E-state index in [0.29, 0.717) is 28.4 Å². The maximum absolute atomic E-state index is 13.9. The number of hydrogen-bond acceptors (Lipinski definition) is 13. The molecule has 0 saturated carbocycles. The van der Waals surface area contributed by atoms with E-state index in [4.69, 9.17) is 33.2 Å². The highest BCUT2D eigenvalue weighted by Crippen LogP contribution is 2.51. The van der Waals surface area contributed by atoms with E-state index in [-0.39, 0.29) is 42.3 Å². The Morgan fingerprint density at radius 3 is 2.50 bits per heavy atom. The fourth-order valence-corrected chi connectivity index (χ4v) is 5.79. The van der Waals surface area contributed by atoms with Gasteiger partial charge in [0, 0.05) is 23.6 Å². The molecule has 0 amide bonds. The van der Waals surface area contributed by atoms with Crippen LogP contribution in [0.25, 0.3) is 0 Å². The van der Waals surface area contributed by atoms with Crippen LogP contribution in [0.5, 0.6) is 28.7 Å². The van der Waals surface area contributed by atoms with Crippen molar-refractivity contribution >= 4 is 5.78 Å². The van der Waals surface area contributed by atoms with E-state index in [2.05, 4.69) is 6.58 Å². The average molecular weight is 589 g/mol. The highest BCUT2D eigenvalue weighted by atomic mass is 16.7. The molecule has 42 heavy (non-hydrogen) atoms. The Hall–Kier alpha value is -3.43. The summed E-state index contributed by atoms with van der Waals surface area (Å²) in [5.74, 6) is 1.19. The van der Waals surface area contributed by atoms with E-state index in [9.17, 15) is 30.3 Å². The van der Waals surface area contributed by atoms with Crippen molar-refractivity contribution < 1.29 is 63.5 Å². The van der Waals surface area contributed by atoms with Gasteiger partial charge in [0.2, 0.25) is 5.78 Å². The molecular weight excluding hydrogens is 556 g/mol. The van der Waals surface area contributed by atoms with Gasteiger partial charge in [0.05, 0.1) is 33.0 Å². The lowest BCUT2D eigenvalue weighted by molar-refractivity contribution is -0.299. The third-order valence-electron chi connectivity index (χ3n) is 8.22. The lowest BCUT2D eigenvalue weighted by atomic mass is 9.77. The molecule has 13 heteroatoms. The Morgan fingerprint density at radius 1 is 1.05 bits per heavy atom. The summed E-state index contributed by atoms with van der Waals surface area (Å²) in [6.07, 6.45) is -8.41. The van der Waals surface area contributed by atoms with Gasteiger partial charge in [-0.05, 0) is 23.8 Å². The van der Waals surface area contributed by atoms with E-state index in [1.807, 2.05) is 0 Å². The molecule has 4 aliphatic heterocycles. The zero-order chi connectivity index (χ0) is 29.9. The number of ether oxygens (including phenoxy) is 7. The van der Waals surface area contributed by atoms with Gasteiger partial charge in [-0.25, -0.2) is 0 Å². The smallest absolute Gasteiger partial charge is 0.206 e. The molecule has 0 aromatic heterocycles. The molecule has 2 aromatic carbocycles. The minimum atomic E-state index is -2.03. The maximum atomic E-state index is 13.9. The van der Waals surface area contributed by atoms with Crippen LogP contribution in [-0.4, -0.2) is 108 Å². The summed E-state index contributed by atoms with van der Waals surface area (Å²) in [5, 5.41) is 51.4. The zero-order valence-electron chi connectivity index (χ0n) is 22.9. The first-order chi connectivity index (χ1) is 20.1. The number of carbonyl (C=O) groups is 1. The van der Waals surface area contributed by atoms with Crippen LogP contribution in [0.2, 0.25) is 0 Å². The van der Waals surface area contributed by atoms with Gasteiger partial charge in [-0.2, -0.15) is 0 Å². The van der Waals surface area contributed by atoms with Crippen molar-refractivity contribution in [2.45, 2.75) is 54.9 Å². The predicted molar refractivity (Wildman–Crippen MR) is 141 cm³/mol. The number of rotatable bonds is 7. The molecule has 8 atom stereocenters. The molecule has 1 fully saturated rings. The standard InChI is InChI=1S/C29H32O13/c1-12(10-39-28-25(33)24(32)23(31)21(9-30)41-28)17-6-14-16(40-17)5-4-13-26(14)42-22-11-38-18-8-20(37-3)19(36-2)7-15(18)29(22,35)27(13)34/h4-5,7-8,17,21-25,28,30-33,35H,1,6,9-11H2,2-3H3/t17-,21+,22-,23+,24-,25+,28+,29-/m0/s1. The highest BCUT2D eigenvalue weighted by Gasteiger charge is 2.57. The number of carbonyl (C=O) groups excluding carboxylic acids is 1. The predicted octanol–water partition coefficient (Wildman–Crippen LogP) is -0.396. The highest BCUT2D eigenvalue weighted by molar-refractivity contribution is 6.07. The number of fused-ring (bicyclic) bond motifs is 6. The summed E-state index contributed by atoms with van der Waals surface area (Å²) >= 11 is 0. The molecule has 2 aromatic rings. The fourth-order valence-electron chi connectivity index (χ4n) is 5.79. The maximum Gasteiger partial charge on any atom is 0.206 e. The van der Waals surface area contributed by atoms with Crippen LogP contribution < -0.4 is 23.7 Å². The Balaban J connectivity index is 1.21. The largest absolute Gasteiger partial charge is 0.493 e. The average Bonchev–Trinajstić information content (AvgIpc) is 3.45. The summed E-state index contributed by atoms with van der Waals surface area (Å²) in [7, 11) is 2.92. The second-order valence-electron chi connectivity index (χ2n) is 10.6. The number of benzene rings is 2. The number of aliphatic hydroxyl groups is 5. The van der Waals surface area contributed by atoms with Gasteiger partial charge < -0.3 is 58.7 Å². The van der Waals surface area contributed by atoms with E-state index in [1.54, 1.807) is 12.1 Å². The summed E-state index contributed by atoms with van der Waals surface area (Å²) in [6, 6.07) is 6.23. The van der Waals surface area contributed by atoms with Crippen molar-refractivity contribution in [1.82, 2.24) is 0 Å². The molecule has 0 aliphatic carbocycles. The van der Waals surface area contributed by atoms with Crippen LogP contribution in [0.4, 0.5) is 0 Å². The van der Waals surface area contributed by atoms with Crippen LogP contribution >= 0.6 is 0 Å². The minimum absolute atomic E-state index is 0.0994. The second-order valence-corrected chi connectivity index (χ2v) is 10.6. The Bertz CT molecular complexity index is 1410. The monoisotopic (exact) mass is 588 g/mol. The first-order valence-corrected chi connectivity index (χ1v) is 13.4. The quantitative estimate of drug-likeness (QED) is 0.264. The van der Waals surface area contributed by atoms with Crippen molar-refractivity contribution in [3.63, 3.8) is 0 Å². The number of Topliss-reactive ketones (excluding diaryl/α,β-unsaturated/α-hetero) is 1. The second kappa shape index (κ2) is 10.7. The van der Waals surface area contributed by atoms with Crippen LogP contribution in [-0.2, 0) is 21.5 Å². The van der Waals surface area contributed by atoms with Crippen molar-refractivity contribution in [2.75, 3.05) is 34.0 Å². The third kappa shape index (κ3) is 4.31. The molecule has 13 nitrogen and oxygen atoms in total. The third-order valence-corrected chi connectivity index (χ3v) is 8.22. The van der Waals surface area contributed by atoms with Crippen LogP contribution in [0.1, 0.15) is 21.5 Å². The molecule has 226 valence electrons. The number of methoxy groups -OCH3 is 2. The molecule has 0 unspecified atom stereocenters. The lowest BCUT2D eigenvalue weighted by Crippen LogP contribution is -2.59. The van der Waals surface area contributed by atoms with Gasteiger partial charge in [0.1, 0.15) is 54.4 Å². The van der Waals surface area contributed by atoms with Crippen LogP contribution in [0, 0.1) is 0 Å². The SMILES string of the molecule is C=C(CO[C@@H]1O[C@H](CO)[C@@H](O)[C@H](O)[C@H]1O)[C@@H]1Cc2c(ccc3c2O[C@H]2COc4cc(OC)c(OC)cc4[C@@]2(O)C3=O)O1. The number of aliphatic hydroxyl groups excluding tert-OH is 4. The van der Waals surface area contributed by atoms with E-state index in [1.165, 1.54) is 26.4 Å². The first kappa shape index (κ1) is 28.7. The molecule has 0 radical (unpaired) electrons. The van der Waals surface area contributed by atoms with Crippen molar-refractivity contribution in [3.8, 4) is 28.7 Å². The summed E-state index contributed by atoms with van der Waals surface area (Å²) in [6.45, 7) is 3.21. The molecule has 5 N–H and O–H groups in total. The normalized spacial score (nSPS) is 32.7. The summed E-state index contributed by atoms with van der Waals surface area (Å²) in [5.41, 5.74) is -0.565. The molecule has 4 heterocycles. The molecule has 0 bridgehead atoms. The summed E-state index contributed by atoms with van der Waals surface area (Å²) < 4.78 is 39.9. The summed E-state index contributed by atoms with van der Waals surface area (Å²) in [4.78, 5) is 13.9. The lowest BCUT2D eigenvalue weighted by Gasteiger charge is -2.43. The molecule has 4 aliphatic rings. The van der Waals surface area contributed by atoms with Crippen molar-refractivity contribution in [2.24, 2.45) is 0 Å². The topological polar surface area (TPSA) is 183 Å². The van der Waals surface area contributed by atoms with Gasteiger partial charge in [-0.3, -0.25) is 4.79 Å². The van der Waals surface area contributed by atoms with E-state index >= 15 is 0 Å². The van der Waals surface area contributed by atoms with Gasteiger partial charge in [-0.15, -0.1) is 0 Å². The molecule has 6 rings (SSSR count). The molecule has 0 spiro atoms.